The van der Waals surface area contributed by atoms with Crippen molar-refractivity contribution in [3.63, 3.8) is 0 Å². The van der Waals surface area contributed by atoms with Crippen LogP contribution < -0.4 is 10.5 Å². The van der Waals surface area contributed by atoms with Gasteiger partial charge in [0.2, 0.25) is 0 Å². The highest BCUT2D eigenvalue weighted by molar-refractivity contribution is 5.85. The van der Waals surface area contributed by atoms with E-state index >= 15 is 0 Å². The lowest BCUT2D eigenvalue weighted by Gasteiger charge is -2.37. The SMILES string of the molecule is Nc1nccn2c(C3CC(CN4CCCC4)C3)nc(-c3ccc(Oc4ccccc4)cc3)c12. The number of nitrogen functional groups attached to an aromatic ring is 1. The van der Waals surface area contributed by atoms with Crippen LogP contribution in [-0.2, 0) is 0 Å². The average molecular weight is 440 g/mol. The van der Waals surface area contributed by atoms with Gasteiger partial charge in [-0.1, -0.05) is 18.2 Å². The second kappa shape index (κ2) is 8.52. The third-order valence-corrected chi connectivity index (χ3v) is 7.03. The number of ether oxygens (including phenoxy) is 1. The highest BCUT2D eigenvalue weighted by atomic mass is 16.5. The van der Waals surface area contributed by atoms with E-state index in [2.05, 4.69) is 14.3 Å². The summed E-state index contributed by atoms with van der Waals surface area (Å²) in [5, 5.41) is 0. The van der Waals surface area contributed by atoms with Gasteiger partial charge >= 0.3 is 0 Å². The molecular formula is C27H29N5O. The molecule has 0 bridgehead atoms. The van der Waals surface area contributed by atoms with Crippen LogP contribution in [0.4, 0.5) is 5.82 Å². The summed E-state index contributed by atoms with van der Waals surface area (Å²) < 4.78 is 8.11. The minimum absolute atomic E-state index is 0.473. The lowest BCUT2D eigenvalue weighted by atomic mass is 9.74. The van der Waals surface area contributed by atoms with Crippen LogP contribution in [0.3, 0.4) is 0 Å². The van der Waals surface area contributed by atoms with E-state index in [0.29, 0.717) is 11.7 Å². The maximum atomic E-state index is 6.33. The molecule has 6 nitrogen and oxygen atoms in total. The van der Waals surface area contributed by atoms with Crippen LogP contribution in [0.25, 0.3) is 16.8 Å². The standard InChI is InChI=1S/C27H29N5O/c28-26-25-24(20-8-10-23(11-9-20)33-22-6-2-1-3-7-22)30-27(32(25)15-12-29-26)21-16-19(17-21)18-31-13-4-5-14-31/h1-3,6-12,15,19,21H,4-5,13-14,16-18H2,(H2,28,29). The number of hydrogen-bond acceptors (Lipinski definition) is 5. The van der Waals surface area contributed by atoms with Crippen LogP contribution in [0, 0.1) is 5.92 Å². The zero-order valence-electron chi connectivity index (χ0n) is 18.7. The normalized spacial score (nSPS) is 20.7. The number of nitrogens with zero attached hydrogens (tertiary/aromatic N) is 4. The highest BCUT2D eigenvalue weighted by Crippen LogP contribution is 2.43. The quantitative estimate of drug-likeness (QED) is 0.438. The first-order valence-corrected chi connectivity index (χ1v) is 11.9. The first kappa shape index (κ1) is 20.2. The molecule has 1 aliphatic heterocycles. The lowest BCUT2D eigenvalue weighted by molar-refractivity contribution is 0.176. The van der Waals surface area contributed by atoms with E-state index < -0.39 is 0 Å². The van der Waals surface area contributed by atoms with Crippen LogP contribution in [0.15, 0.2) is 67.0 Å². The number of imidazole rings is 1. The third kappa shape index (κ3) is 3.95. The molecule has 0 atom stereocenters. The first-order valence-electron chi connectivity index (χ1n) is 11.9. The monoisotopic (exact) mass is 439 g/mol. The maximum Gasteiger partial charge on any atom is 0.150 e. The smallest absolute Gasteiger partial charge is 0.150 e. The Kier molecular flexibility index (Phi) is 5.23. The van der Waals surface area contributed by atoms with Crippen molar-refractivity contribution >= 4 is 11.3 Å². The van der Waals surface area contributed by atoms with Gasteiger partial charge in [-0.3, -0.25) is 4.40 Å². The molecule has 2 fully saturated rings. The minimum Gasteiger partial charge on any atom is -0.457 e. The van der Waals surface area contributed by atoms with Gasteiger partial charge in [0.15, 0.2) is 0 Å². The van der Waals surface area contributed by atoms with E-state index in [4.69, 9.17) is 15.5 Å². The van der Waals surface area contributed by atoms with Crippen LogP contribution in [0.5, 0.6) is 11.5 Å². The van der Waals surface area contributed by atoms with Crippen molar-refractivity contribution in [2.75, 3.05) is 25.4 Å². The summed E-state index contributed by atoms with van der Waals surface area (Å²) in [5.41, 5.74) is 9.14. The molecule has 0 unspecified atom stereocenters. The Bertz CT molecular complexity index is 1240. The van der Waals surface area contributed by atoms with Gasteiger partial charge in [0.05, 0.1) is 0 Å². The van der Waals surface area contributed by atoms with E-state index in [1.807, 2.05) is 60.8 Å². The average Bonchev–Trinajstić information content (AvgIpc) is 3.46. The summed E-state index contributed by atoms with van der Waals surface area (Å²) in [5.74, 6) is 4.49. The molecule has 2 N–H and O–H groups in total. The number of aromatic nitrogens is 3. The molecule has 33 heavy (non-hydrogen) atoms. The molecule has 168 valence electrons. The fourth-order valence-corrected chi connectivity index (χ4v) is 5.31. The first-order chi connectivity index (χ1) is 16.2. The molecule has 0 radical (unpaired) electrons. The Balaban J connectivity index is 1.25. The van der Waals surface area contributed by atoms with Crippen molar-refractivity contribution in [1.29, 1.82) is 0 Å². The van der Waals surface area contributed by atoms with Crippen molar-refractivity contribution in [3.05, 3.63) is 72.8 Å². The van der Waals surface area contributed by atoms with Crippen molar-refractivity contribution < 1.29 is 4.74 Å². The molecule has 2 aromatic heterocycles. The van der Waals surface area contributed by atoms with Gasteiger partial charge in [-0.15, -0.1) is 0 Å². The molecule has 0 spiro atoms. The predicted molar refractivity (Wildman–Crippen MR) is 130 cm³/mol. The summed E-state index contributed by atoms with van der Waals surface area (Å²) in [6.45, 7) is 3.77. The van der Waals surface area contributed by atoms with Gasteiger partial charge in [0.25, 0.3) is 0 Å². The van der Waals surface area contributed by atoms with E-state index in [9.17, 15) is 0 Å². The molecule has 0 amide bonds. The molecule has 3 heterocycles. The van der Waals surface area contributed by atoms with Crippen molar-refractivity contribution in [2.24, 2.45) is 5.92 Å². The third-order valence-electron chi connectivity index (χ3n) is 7.03. The van der Waals surface area contributed by atoms with Gasteiger partial charge in [0, 0.05) is 30.4 Å². The number of fused-ring (bicyclic) bond motifs is 1. The zero-order chi connectivity index (χ0) is 22.2. The predicted octanol–water partition coefficient (Wildman–Crippen LogP) is 5.36. The molecule has 2 aliphatic rings. The van der Waals surface area contributed by atoms with Gasteiger partial charge in [-0.25, -0.2) is 9.97 Å². The van der Waals surface area contributed by atoms with Crippen LogP contribution in [-0.4, -0.2) is 38.9 Å². The number of likely N-dealkylation sites (tertiary alicyclic amines) is 1. The molecule has 2 aromatic carbocycles. The Labute approximate surface area is 194 Å². The maximum absolute atomic E-state index is 6.33. The van der Waals surface area contributed by atoms with E-state index in [1.165, 1.54) is 45.3 Å². The summed E-state index contributed by atoms with van der Waals surface area (Å²) in [6, 6.07) is 17.9. The summed E-state index contributed by atoms with van der Waals surface area (Å²) in [4.78, 5) is 12.1. The molecule has 4 aromatic rings. The Morgan fingerprint density at radius 2 is 1.67 bits per heavy atom. The molecule has 1 aliphatic carbocycles. The second-order valence-corrected chi connectivity index (χ2v) is 9.33. The molecular weight excluding hydrogens is 410 g/mol. The Hall–Kier alpha value is -3.38. The second-order valence-electron chi connectivity index (χ2n) is 9.33. The summed E-state index contributed by atoms with van der Waals surface area (Å²) in [7, 11) is 0. The van der Waals surface area contributed by atoms with Gasteiger partial charge < -0.3 is 15.4 Å². The lowest BCUT2D eigenvalue weighted by Crippen LogP contribution is -2.34. The van der Waals surface area contributed by atoms with Crippen LogP contribution in [0.1, 0.15) is 37.4 Å². The van der Waals surface area contributed by atoms with E-state index in [-0.39, 0.29) is 0 Å². The molecule has 1 saturated carbocycles. The van der Waals surface area contributed by atoms with Gasteiger partial charge in [-0.05, 0) is 81.1 Å². The Morgan fingerprint density at radius 1 is 0.939 bits per heavy atom. The van der Waals surface area contributed by atoms with Crippen LogP contribution >= 0.6 is 0 Å². The largest absolute Gasteiger partial charge is 0.457 e. The number of benzene rings is 2. The summed E-state index contributed by atoms with van der Waals surface area (Å²) >= 11 is 0. The van der Waals surface area contributed by atoms with E-state index in [1.54, 1.807) is 6.20 Å². The number of nitrogens with two attached hydrogens (primary N) is 1. The molecule has 6 heteroatoms. The fourth-order valence-electron chi connectivity index (χ4n) is 5.31. The number of hydrogen-bond donors (Lipinski definition) is 1. The fraction of sp³-hybridized carbons (Fsp3) is 0.333. The highest BCUT2D eigenvalue weighted by Gasteiger charge is 2.35. The van der Waals surface area contributed by atoms with Gasteiger partial charge in [-0.2, -0.15) is 0 Å². The number of para-hydroxylation sites is 1. The molecule has 1 saturated heterocycles. The van der Waals surface area contributed by atoms with Crippen molar-refractivity contribution in [3.8, 4) is 22.8 Å². The molecule has 6 rings (SSSR count). The van der Waals surface area contributed by atoms with Crippen molar-refractivity contribution in [2.45, 2.75) is 31.6 Å². The topological polar surface area (TPSA) is 68.7 Å². The zero-order valence-corrected chi connectivity index (χ0v) is 18.7. The van der Waals surface area contributed by atoms with Crippen LogP contribution in [0.2, 0.25) is 0 Å². The summed E-state index contributed by atoms with van der Waals surface area (Å²) in [6.07, 6.45) is 8.87. The Morgan fingerprint density at radius 3 is 2.42 bits per heavy atom. The van der Waals surface area contributed by atoms with Crippen molar-refractivity contribution in [1.82, 2.24) is 19.3 Å². The number of rotatable bonds is 6. The number of anilines is 1. The van der Waals surface area contributed by atoms with Gasteiger partial charge in [0.1, 0.15) is 34.4 Å². The van der Waals surface area contributed by atoms with E-state index in [0.717, 1.165) is 40.0 Å². The minimum atomic E-state index is 0.473.